The number of aliphatic hydroxyl groups is 1. The highest BCUT2D eigenvalue weighted by Gasteiger charge is 2.46. The van der Waals surface area contributed by atoms with E-state index in [9.17, 15) is 9.90 Å². The number of urea groups is 1. The highest BCUT2D eigenvalue weighted by atomic mass is 16.3. The van der Waals surface area contributed by atoms with E-state index in [0.717, 1.165) is 0 Å². The average Bonchev–Trinajstić information content (AvgIpc) is 2.08. The van der Waals surface area contributed by atoms with Gasteiger partial charge < -0.3 is 15.3 Å². The summed E-state index contributed by atoms with van der Waals surface area (Å²) in [7, 11) is 1.61. The first-order chi connectivity index (χ1) is 6.28. The van der Waals surface area contributed by atoms with Crippen LogP contribution in [0.15, 0.2) is 0 Å². The summed E-state index contributed by atoms with van der Waals surface area (Å²) in [5, 5.41) is 12.9. The molecule has 0 aromatic heterocycles. The van der Waals surface area contributed by atoms with Gasteiger partial charge in [0, 0.05) is 18.5 Å². The predicted molar refractivity (Wildman–Crippen MR) is 54.7 cm³/mol. The molecule has 82 valence electrons. The maximum atomic E-state index is 11.5. The van der Waals surface area contributed by atoms with Gasteiger partial charge in [-0.05, 0) is 5.92 Å². The third kappa shape index (κ3) is 1.59. The zero-order valence-corrected chi connectivity index (χ0v) is 9.53. The summed E-state index contributed by atoms with van der Waals surface area (Å²) >= 11 is 0. The molecule has 1 aliphatic heterocycles. The van der Waals surface area contributed by atoms with E-state index in [1.165, 1.54) is 4.90 Å². The minimum absolute atomic E-state index is 0.0150. The maximum absolute atomic E-state index is 11.5. The lowest BCUT2D eigenvalue weighted by molar-refractivity contribution is -0.0868. The van der Waals surface area contributed by atoms with Gasteiger partial charge in [0.2, 0.25) is 0 Å². The normalized spacial score (nSPS) is 31.9. The second-order valence-corrected chi connectivity index (χ2v) is 4.98. The highest BCUT2D eigenvalue weighted by molar-refractivity contribution is 5.75. The third-order valence-corrected chi connectivity index (χ3v) is 3.10. The predicted octanol–water partition coefficient (Wildman–Crippen LogP) is 1.01. The molecule has 1 saturated heterocycles. The number of nitrogens with zero attached hydrogens (tertiary/aromatic N) is 1. The van der Waals surface area contributed by atoms with Crippen LogP contribution in [0.5, 0.6) is 0 Å². The number of rotatable bonds is 1. The van der Waals surface area contributed by atoms with Crippen LogP contribution in [0.2, 0.25) is 0 Å². The van der Waals surface area contributed by atoms with E-state index in [-0.39, 0.29) is 17.5 Å². The first-order valence-corrected chi connectivity index (χ1v) is 5.00. The molecule has 1 rings (SSSR count). The van der Waals surface area contributed by atoms with E-state index >= 15 is 0 Å². The Balaban J connectivity index is 2.95. The standard InChI is InChI=1S/C10H20N2O2/c1-6(2)7-10(3,4)8(13)12(5)9(14)11-7/h6-8,13H,1-5H3,(H,11,14)/t7-,8+/m1/s1. The monoisotopic (exact) mass is 200 g/mol. The van der Waals surface area contributed by atoms with Crippen molar-refractivity contribution in [1.82, 2.24) is 10.2 Å². The largest absolute Gasteiger partial charge is 0.373 e. The molecule has 0 unspecified atom stereocenters. The van der Waals surface area contributed by atoms with E-state index in [0.29, 0.717) is 5.92 Å². The molecule has 2 N–H and O–H groups in total. The Labute approximate surface area is 85.3 Å². The van der Waals surface area contributed by atoms with Crippen molar-refractivity contribution < 1.29 is 9.90 Å². The smallest absolute Gasteiger partial charge is 0.319 e. The number of amides is 2. The Morgan fingerprint density at radius 2 is 2.00 bits per heavy atom. The molecule has 2 atom stereocenters. The summed E-state index contributed by atoms with van der Waals surface area (Å²) in [4.78, 5) is 12.8. The number of hydrogen-bond acceptors (Lipinski definition) is 2. The topological polar surface area (TPSA) is 52.6 Å². The number of hydrogen-bond donors (Lipinski definition) is 2. The second-order valence-electron chi connectivity index (χ2n) is 4.98. The van der Waals surface area contributed by atoms with Crippen LogP contribution in [0.1, 0.15) is 27.7 Å². The van der Waals surface area contributed by atoms with Crippen LogP contribution in [-0.4, -0.2) is 35.4 Å². The van der Waals surface area contributed by atoms with Crippen LogP contribution < -0.4 is 5.32 Å². The van der Waals surface area contributed by atoms with Gasteiger partial charge in [0.1, 0.15) is 6.23 Å². The molecule has 14 heavy (non-hydrogen) atoms. The summed E-state index contributed by atoms with van der Waals surface area (Å²) in [5.41, 5.74) is -0.323. The van der Waals surface area contributed by atoms with Gasteiger partial charge in [-0.15, -0.1) is 0 Å². The molecule has 0 spiro atoms. The van der Waals surface area contributed by atoms with E-state index in [2.05, 4.69) is 5.32 Å². The SMILES string of the molecule is CC(C)[C@H]1NC(=O)N(C)[C@@H](O)C1(C)C. The van der Waals surface area contributed by atoms with Crippen molar-refractivity contribution in [1.29, 1.82) is 0 Å². The Hall–Kier alpha value is -0.770. The number of carbonyl (C=O) groups excluding carboxylic acids is 1. The lowest BCUT2D eigenvalue weighted by Crippen LogP contribution is -2.66. The average molecular weight is 200 g/mol. The summed E-state index contributed by atoms with van der Waals surface area (Å²) < 4.78 is 0. The van der Waals surface area contributed by atoms with Gasteiger partial charge in [-0.2, -0.15) is 0 Å². The van der Waals surface area contributed by atoms with Crippen molar-refractivity contribution in [3.8, 4) is 0 Å². The Morgan fingerprint density at radius 1 is 1.50 bits per heavy atom. The summed E-state index contributed by atoms with van der Waals surface area (Å²) in [6, 6.07) is -0.184. The highest BCUT2D eigenvalue weighted by Crippen LogP contribution is 2.34. The van der Waals surface area contributed by atoms with Crippen LogP contribution in [-0.2, 0) is 0 Å². The van der Waals surface area contributed by atoms with Crippen LogP contribution in [0.4, 0.5) is 4.79 Å². The fourth-order valence-electron chi connectivity index (χ4n) is 2.22. The quantitative estimate of drug-likeness (QED) is 0.663. The van der Waals surface area contributed by atoms with Crippen molar-refractivity contribution in [2.45, 2.75) is 40.0 Å². The second kappa shape index (κ2) is 3.42. The van der Waals surface area contributed by atoms with Crippen molar-refractivity contribution in [3.63, 3.8) is 0 Å². The van der Waals surface area contributed by atoms with Gasteiger partial charge in [-0.1, -0.05) is 27.7 Å². The molecule has 0 saturated carbocycles. The fourth-order valence-corrected chi connectivity index (χ4v) is 2.22. The van der Waals surface area contributed by atoms with Crippen molar-refractivity contribution in [3.05, 3.63) is 0 Å². The van der Waals surface area contributed by atoms with Crippen LogP contribution >= 0.6 is 0 Å². The maximum Gasteiger partial charge on any atom is 0.319 e. The molecule has 0 aromatic rings. The Kier molecular flexibility index (Phi) is 2.76. The molecule has 0 aliphatic carbocycles. The zero-order chi connectivity index (χ0) is 11.1. The third-order valence-electron chi connectivity index (χ3n) is 3.10. The number of carbonyl (C=O) groups is 1. The van der Waals surface area contributed by atoms with Crippen molar-refractivity contribution in [2.24, 2.45) is 11.3 Å². The minimum atomic E-state index is -0.719. The van der Waals surface area contributed by atoms with E-state index in [1.807, 2.05) is 27.7 Å². The summed E-state index contributed by atoms with van der Waals surface area (Å²) in [6.07, 6.45) is -0.719. The molecule has 0 radical (unpaired) electrons. The van der Waals surface area contributed by atoms with Gasteiger partial charge in [0.05, 0.1) is 0 Å². The number of aliphatic hydroxyl groups excluding tert-OH is 1. The molecular formula is C10H20N2O2. The Bertz CT molecular complexity index is 238. The molecule has 0 bridgehead atoms. The fraction of sp³-hybridized carbons (Fsp3) is 0.900. The van der Waals surface area contributed by atoms with Gasteiger partial charge in [0.15, 0.2) is 0 Å². The first kappa shape index (κ1) is 11.3. The molecular weight excluding hydrogens is 180 g/mol. The molecule has 2 amide bonds. The molecule has 4 nitrogen and oxygen atoms in total. The lowest BCUT2D eigenvalue weighted by atomic mass is 9.75. The summed E-state index contributed by atoms with van der Waals surface area (Å²) in [6.45, 7) is 8.03. The zero-order valence-electron chi connectivity index (χ0n) is 9.53. The molecule has 1 fully saturated rings. The molecule has 4 heteroatoms. The van der Waals surface area contributed by atoms with Crippen molar-refractivity contribution >= 4 is 6.03 Å². The van der Waals surface area contributed by atoms with E-state index in [1.54, 1.807) is 7.05 Å². The van der Waals surface area contributed by atoms with Crippen molar-refractivity contribution in [2.75, 3.05) is 7.05 Å². The Morgan fingerprint density at radius 3 is 2.43 bits per heavy atom. The molecule has 1 heterocycles. The van der Waals surface area contributed by atoms with Gasteiger partial charge in [-0.3, -0.25) is 0 Å². The van der Waals surface area contributed by atoms with Gasteiger partial charge >= 0.3 is 6.03 Å². The number of nitrogens with one attached hydrogen (secondary N) is 1. The van der Waals surface area contributed by atoms with Crippen LogP contribution in [0, 0.1) is 11.3 Å². The van der Waals surface area contributed by atoms with Gasteiger partial charge in [-0.25, -0.2) is 4.79 Å². The van der Waals surface area contributed by atoms with Gasteiger partial charge in [0.25, 0.3) is 0 Å². The van der Waals surface area contributed by atoms with Crippen LogP contribution in [0.3, 0.4) is 0 Å². The minimum Gasteiger partial charge on any atom is -0.373 e. The summed E-state index contributed by atoms with van der Waals surface area (Å²) in [5.74, 6) is 0.317. The molecule has 1 aliphatic rings. The first-order valence-electron chi connectivity index (χ1n) is 5.00. The lowest BCUT2D eigenvalue weighted by Gasteiger charge is -2.48. The van der Waals surface area contributed by atoms with E-state index in [4.69, 9.17) is 0 Å². The van der Waals surface area contributed by atoms with Crippen LogP contribution in [0.25, 0.3) is 0 Å². The molecule has 0 aromatic carbocycles. The van der Waals surface area contributed by atoms with E-state index < -0.39 is 6.23 Å².